The molecule has 2 N–H and O–H groups in total. The summed E-state index contributed by atoms with van der Waals surface area (Å²) in [5.74, 6) is -1.51. The minimum atomic E-state index is -2.06. The Morgan fingerprint density at radius 1 is 1.69 bits per heavy atom. The number of amides is 2. The smallest absolute Gasteiger partial charge is 0.272 e. The van der Waals surface area contributed by atoms with Gasteiger partial charge in [-0.05, 0) is 0 Å². The Morgan fingerprint density at radius 2 is 2.31 bits per heavy atom. The van der Waals surface area contributed by atoms with Gasteiger partial charge >= 0.3 is 0 Å². The van der Waals surface area contributed by atoms with Crippen LogP contribution in [0.1, 0.15) is 6.42 Å². The second kappa shape index (κ2) is 3.39. The molecule has 2 unspecified atom stereocenters. The Morgan fingerprint density at radius 3 is 2.69 bits per heavy atom. The zero-order chi connectivity index (χ0) is 10.1. The fourth-order valence-electron chi connectivity index (χ4n) is 0.995. The lowest BCUT2D eigenvalue weighted by Crippen LogP contribution is -2.42. The van der Waals surface area contributed by atoms with Gasteiger partial charge in [0, 0.05) is 5.75 Å². The van der Waals surface area contributed by atoms with Crippen molar-refractivity contribution in [2.24, 2.45) is 0 Å². The lowest BCUT2D eigenvalue weighted by molar-refractivity contribution is -0.129. The lowest BCUT2D eigenvalue weighted by atomic mass is 10.3. The first-order valence-electron chi connectivity index (χ1n) is 3.56. The summed E-state index contributed by atoms with van der Waals surface area (Å²) >= 11 is 0. The molecular weight excluding hydrogens is 194 g/mol. The number of hydrogen-bond acceptors (Lipinski definition) is 4. The highest BCUT2D eigenvalue weighted by Gasteiger charge is 2.49. The zero-order valence-corrected chi connectivity index (χ0v) is 7.60. The van der Waals surface area contributed by atoms with E-state index in [2.05, 4.69) is 6.58 Å². The first kappa shape index (κ1) is 10.1. The highest BCUT2D eigenvalue weighted by Crippen LogP contribution is 2.21. The van der Waals surface area contributed by atoms with Crippen LogP contribution in [0.2, 0.25) is 0 Å². The third-order valence-corrected chi connectivity index (χ3v) is 3.28. The molecule has 0 aliphatic carbocycles. The van der Waals surface area contributed by atoms with Crippen LogP contribution in [0.5, 0.6) is 0 Å². The number of imide groups is 1. The van der Waals surface area contributed by atoms with Gasteiger partial charge in [0.25, 0.3) is 5.91 Å². The number of carbonyl (C=O) groups is 2. The first-order valence-corrected chi connectivity index (χ1v) is 4.88. The molecular formula is C7H9NO4S. The minimum Gasteiger partial charge on any atom is -0.369 e. The van der Waals surface area contributed by atoms with Gasteiger partial charge in [-0.3, -0.25) is 19.1 Å². The molecule has 0 aromatic rings. The maximum atomic E-state index is 11.3. The number of aliphatic hydroxyl groups is 1. The molecule has 0 bridgehead atoms. The van der Waals surface area contributed by atoms with Crippen LogP contribution in [-0.4, -0.2) is 31.8 Å². The Labute approximate surface area is 77.3 Å². The van der Waals surface area contributed by atoms with Gasteiger partial charge in [-0.1, -0.05) is 6.08 Å². The fourth-order valence-corrected chi connectivity index (χ4v) is 2.03. The normalized spacial score (nSPS) is 29.9. The minimum absolute atomic E-state index is 0.0167. The van der Waals surface area contributed by atoms with E-state index in [1.165, 1.54) is 6.08 Å². The number of rotatable bonds is 3. The molecule has 1 fully saturated rings. The summed E-state index contributed by atoms with van der Waals surface area (Å²) in [5.41, 5.74) is 0. The van der Waals surface area contributed by atoms with E-state index in [0.29, 0.717) is 0 Å². The molecule has 2 atom stereocenters. The van der Waals surface area contributed by atoms with E-state index in [-0.39, 0.29) is 5.75 Å². The van der Waals surface area contributed by atoms with Crippen LogP contribution in [0.3, 0.4) is 0 Å². The van der Waals surface area contributed by atoms with E-state index in [0.717, 1.165) is 0 Å². The van der Waals surface area contributed by atoms with Gasteiger partial charge < -0.3 is 5.11 Å². The van der Waals surface area contributed by atoms with Crippen molar-refractivity contribution in [2.45, 2.75) is 11.4 Å². The molecule has 1 heterocycles. The SMILES string of the molecule is C=CCS(=O)C1(O)CC(=O)NC1=O. The topological polar surface area (TPSA) is 83.5 Å². The van der Waals surface area contributed by atoms with Gasteiger partial charge in [0.15, 0.2) is 0 Å². The van der Waals surface area contributed by atoms with Crippen LogP contribution in [0.15, 0.2) is 12.7 Å². The summed E-state index contributed by atoms with van der Waals surface area (Å²) in [4.78, 5) is 19.7. The third-order valence-electron chi connectivity index (χ3n) is 1.65. The molecule has 1 aliphatic rings. The van der Waals surface area contributed by atoms with E-state index < -0.39 is 34.0 Å². The molecule has 1 aliphatic heterocycles. The largest absolute Gasteiger partial charge is 0.369 e. The molecule has 1 saturated heterocycles. The Balaban J connectivity index is 2.87. The molecule has 0 radical (unpaired) electrons. The van der Waals surface area contributed by atoms with Crippen molar-refractivity contribution in [3.63, 3.8) is 0 Å². The van der Waals surface area contributed by atoms with Crippen LogP contribution in [0, 0.1) is 0 Å². The Kier molecular flexibility index (Phi) is 2.63. The molecule has 5 nitrogen and oxygen atoms in total. The van der Waals surface area contributed by atoms with Crippen molar-refractivity contribution in [1.29, 1.82) is 0 Å². The fraction of sp³-hybridized carbons (Fsp3) is 0.429. The average Bonchev–Trinajstić information content (AvgIpc) is 2.28. The van der Waals surface area contributed by atoms with Gasteiger partial charge in [0.2, 0.25) is 10.8 Å². The van der Waals surface area contributed by atoms with Crippen LogP contribution in [0.4, 0.5) is 0 Å². The van der Waals surface area contributed by atoms with Gasteiger partial charge in [-0.2, -0.15) is 0 Å². The lowest BCUT2D eigenvalue weighted by Gasteiger charge is -2.15. The van der Waals surface area contributed by atoms with E-state index in [1.807, 2.05) is 5.32 Å². The molecule has 6 heteroatoms. The van der Waals surface area contributed by atoms with Crippen molar-refractivity contribution in [2.75, 3.05) is 5.75 Å². The molecule has 72 valence electrons. The molecule has 13 heavy (non-hydrogen) atoms. The van der Waals surface area contributed by atoms with Crippen LogP contribution < -0.4 is 5.32 Å². The van der Waals surface area contributed by atoms with Crippen molar-refractivity contribution >= 4 is 22.6 Å². The third kappa shape index (κ3) is 1.68. The molecule has 0 spiro atoms. The number of nitrogens with one attached hydrogen (secondary N) is 1. The molecule has 0 aromatic heterocycles. The summed E-state index contributed by atoms with van der Waals surface area (Å²) < 4.78 is 11.3. The molecule has 2 amide bonds. The highest BCUT2D eigenvalue weighted by atomic mass is 32.2. The molecule has 0 aromatic carbocycles. The van der Waals surface area contributed by atoms with E-state index in [1.54, 1.807) is 0 Å². The van der Waals surface area contributed by atoms with Crippen molar-refractivity contribution in [3.05, 3.63) is 12.7 Å². The predicted molar refractivity (Wildman–Crippen MR) is 45.9 cm³/mol. The molecule has 0 saturated carbocycles. The maximum Gasteiger partial charge on any atom is 0.272 e. The van der Waals surface area contributed by atoms with Crippen LogP contribution in [0.25, 0.3) is 0 Å². The van der Waals surface area contributed by atoms with Crippen molar-refractivity contribution in [1.82, 2.24) is 5.32 Å². The number of carbonyl (C=O) groups excluding carboxylic acids is 2. The van der Waals surface area contributed by atoms with E-state index in [9.17, 15) is 18.9 Å². The summed E-state index contributed by atoms with van der Waals surface area (Å²) in [6.45, 7) is 3.33. The van der Waals surface area contributed by atoms with Gasteiger partial charge in [0.1, 0.15) is 0 Å². The summed E-state index contributed by atoms with van der Waals surface area (Å²) in [6, 6.07) is 0. The zero-order valence-electron chi connectivity index (χ0n) is 6.78. The van der Waals surface area contributed by atoms with E-state index in [4.69, 9.17) is 0 Å². The quantitative estimate of drug-likeness (QED) is 0.439. The monoisotopic (exact) mass is 203 g/mol. The standard InChI is InChI=1S/C7H9NO4S/c1-2-3-13(12)7(11)4-5(9)8-6(7)10/h2,11H,1,3-4H2,(H,8,9,10). The van der Waals surface area contributed by atoms with Gasteiger partial charge in [0.05, 0.1) is 17.2 Å². The average molecular weight is 203 g/mol. The predicted octanol–water partition coefficient (Wildman–Crippen LogP) is -1.34. The van der Waals surface area contributed by atoms with Gasteiger partial charge in [-0.25, -0.2) is 0 Å². The first-order chi connectivity index (χ1) is 6.00. The number of hydrogen-bond donors (Lipinski definition) is 2. The summed E-state index contributed by atoms with van der Waals surface area (Å²) in [5, 5.41) is 11.4. The molecule has 1 rings (SSSR count). The van der Waals surface area contributed by atoms with Crippen molar-refractivity contribution < 1.29 is 18.9 Å². The van der Waals surface area contributed by atoms with Crippen LogP contribution >= 0.6 is 0 Å². The highest BCUT2D eigenvalue weighted by molar-refractivity contribution is 7.87. The Hall–Kier alpha value is -1.01. The second-order valence-electron chi connectivity index (χ2n) is 2.64. The summed E-state index contributed by atoms with van der Waals surface area (Å²) in [6.07, 6.45) is 0.885. The Bertz CT molecular complexity index is 301. The summed E-state index contributed by atoms with van der Waals surface area (Å²) in [7, 11) is -1.81. The van der Waals surface area contributed by atoms with Crippen LogP contribution in [-0.2, 0) is 20.4 Å². The van der Waals surface area contributed by atoms with E-state index >= 15 is 0 Å². The van der Waals surface area contributed by atoms with Crippen molar-refractivity contribution in [3.8, 4) is 0 Å². The van der Waals surface area contributed by atoms with Gasteiger partial charge in [-0.15, -0.1) is 6.58 Å². The second-order valence-corrected chi connectivity index (χ2v) is 4.34. The maximum absolute atomic E-state index is 11.3.